The first kappa shape index (κ1) is 63.7. The van der Waals surface area contributed by atoms with E-state index in [9.17, 15) is 0 Å². The molecule has 8 aliphatic carbocycles. The first-order chi connectivity index (χ1) is 46.9. The number of allylic oxidation sites excluding steroid dienone is 20. The van der Waals surface area contributed by atoms with E-state index in [-0.39, 0.29) is 17.6 Å². The van der Waals surface area contributed by atoms with Crippen molar-refractivity contribution in [2.24, 2.45) is 11.8 Å². The van der Waals surface area contributed by atoms with Crippen LogP contribution >= 0.6 is 0 Å². The van der Waals surface area contributed by atoms with Crippen LogP contribution in [0.25, 0.3) is 40.3 Å². The first-order valence-corrected chi connectivity index (χ1v) is 38.6. The van der Waals surface area contributed by atoms with Crippen LogP contribution in [0.3, 0.4) is 0 Å². The molecule has 0 radical (unpaired) electrons. The second-order valence-electron chi connectivity index (χ2n) is 27.5. The highest BCUT2D eigenvalue weighted by molar-refractivity contribution is 6.57. The van der Waals surface area contributed by atoms with Gasteiger partial charge in [0.25, 0.3) is 0 Å². The van der Waals surface area contributed by atoms with Crippen LogP contribution in [0.2, 0.25) is 18.6 Å². The standard InChI is InChI=1S/C89H94N2O3Si/c1-4-65-30-47-78(48-31-65)92-57-19-6-7-20-58-93-80-51-44-76(45-52-80)91-87-54-38-71(68-24-13-9-14-25-68)62-83(87)84-63-72(39-55-88(84)91)70-36-42-75(43-37-70)90(74-40-34-69(35-41-74)67-22-11-8-12-23-67)77-46-53-82-81-28-17-18-29-85(81)89(86(82)64-77,73-26-15-10-16-27-73)56-21-60-95(3)61-59-94-79-49-32-66(5-2)33-50-79/h4-5,8-13,15-18,22-24,26,28-34,36-37,39-44,46-47,49-52,54-55,62-64,69,71,73,76,78,82,95H,1-2,6-7,14,19-21,25,27,35,38,45,48,53,56-61H2,3H3. The van der Waals surface area contributed by atoms with Crippen LogP contribution < -0.4 is 20.2 Å². The van der Waals surface area contributed by atoms with Gasteiger partial charge < -0.3 is 23.7 Å². The van der Waals surface area contributed by atoms with Gasteiger partial charge in [0.2, 0.25) is 0 Å². The van der Waals surface area contributed by atoms with Gasteiger partial charge in [-0.15, -0.1) is 0 Å². The summed E-state index contributed by atoms with van der Waals surface area (Å²) in [6.45, 7) is 12.7. The minimum atomic E-state index is -1.06. The van der Waals surface area contributed by atoms with Crippen LogP contribution in [0.15, 0.2) is 284 Å². The molecule has 8 unspecified atom stereocenters. The summed E-state index contributed by atoms with van der Waals surface area (Å²) in [7, 11) is -1.06. The van der Waals surface area contributed by atoms with Gasteiger partial charge in [0, 0.05) is 77.1 Å². The maximum absolute atomic E-state index is 6.39. The zero-order valence-corrected chi connectivity index (χ0v) is 56.9. The van der Waals surface area contributed by atoms with E-state index >= 15 is 0 Å². The fraction of sp³-hybridized carbons (Fsp3) is 0.303. The highest BCUT2D eigenvalue weighted by Crippen LogP contribution is 2.61. The van der Waals surface area contributed by atoms with Crippen LogP contribution in [0.1, 0.15) is 130 Å². The average molecular weight is 1270 g/mol. The van der Waals surface area contributed by atoms with E-state index in [2.05, 4.69) is 272 Å². The number of hydrogen-bond acceptors (Lipinski definition) is 4. The van der Waals surface area contributed by atoms with Gasteiger partial charge >= 0.3 is 0 Å². The Morgan fingerprint density at radius 3 is 2.24 bits per heavy atom. The Hall–Kier alpha value is -8.68. The molecular weight excluding hydrogens is 1170 g/mol. The normalized spacial score (nSPS) is 23.3. The molecule has 0 aliphatic heterocycles. The van der Waals surface area contributed by atoms with Crippen molar-refractivity contribution in [1.29, 1.82) is 0 Å². The Morgan fingerprint density at radius 1 is 0.642 bits per heavy atom. The molecule has 5 nitrogen and oxygen atoms in total. The molecule has 6 aromatic rings. The fourth-order valence-electron chi connectivity index (χ4n) is 16.4. The second-order valence-corrected chi connectivity index (χ2v) is 30.9. The predicted molar refractivity (Wildman–Crippen MR) is 403 cm³/mol. The third-order valence-electron chi connectivity index (χ3n) is 21.6. The van der Waals surface area contributed by atoms with Crippen LogP contribution in [0.4, 0.5) is 5.69 Å². The zero-order valence-electron chi connectivity index (χ0n) is 55.8. The van der Waals surface area contributed by atoms with Crippen molar-refractivity contribution in [3.05, 3.63) is 317 Å². The first-order valence-electron chi connectivity index (χ1n) is 35.8. The minimum Gasteiger partial charge on any atom is -0.494 e. The Labute approximate surface area is 567 Å². The van der Waals surface area contributed by atoms with Crippen molar-refractivity contribution in [2.45, 2.75) is 138 Å². The topological polar surface area (TPSA) is 35.9 Å². The predicted octanol–water partition coefficient (Wildman–Crippen LogP) is 20.8. The van der Waals surface area contributed by atoms with Crippen molar-refractivity contribution in [3.8, 4) is 16.9 Å². The van der Waals surface area contributed by atoms with E-state index in [0.717, 1.165) is 120 Å². The largest absolute Gasteiger partial charge is 0.494 e. The van der Waals surface area contributed by atoms with E-state index in [4.69, 9.17) is 14.2 Å². The lowest BCUT2D eigenvalue weighted by atomic mass is 9.62. The number of aromatic nitrogens is 1. The summed E-state index contributed by atoms with van der Waals surface area (Å²) in [5.41, 5.74) is 17.2. The monoisotopic (exact) mass is 1270 g/mol. The number of hydrogen-bond donors (Lipinski definition) is 0. The van der Waals surface area contributed by atoms with Gasteiger partial charge in [-0.2, -0.15) is 0 Å². The molecule has 0 saturated carbocycles. The molecule has 482 valence electrons. The van der Waals surface area contributed by atoms with Crippen molar-refractivity contribution >= 4 is 43.6 Å². The highest BCUT2D eigenvalue weighted by atomic mass is 28.3. The smallest absolute Gasteiger partial charge is 0.119 e. The third-order valence-corrected chi connectivity index (χ3v) is 24.2. The molecule has 0 fully saturated rings. The molecule has 95 heavy (non-hydrogen) atoms. The number of nitrogens with zero attached hydrogens (tertiary/aromatic N) is 2. The molecular formula is C89H94N2O3Si. The van der Waals surface area contributed by atoms with Gasteiger partial charge in [0.1, 0.15) is 11.5 Å². The van der Waals surface area contributed by atoms with E-state index in [1.165, 1.54) is 84.9 Å². The summed E-state index contributed by atoms with van der Waals surface area (Å²) in [5, 5.41) is 4.04. The highest BCUT2D eigenvalue weighted by Gasteiger charge is 2.52. The summed E-state index contributed by atoms with van der Waals surface area (Å²) >= 11 is 0. The van der Waals surface area contributed by atoms with E-state index in [0.29, 0.717) is 23.7 Å². The van der Waals surface area contributed by atoms with E-state index in [1.54, 1.807) is 16.7 Å². The van der Waals surface area contributed by atoms with Crippen molar-refractivity contribution < 1.29 is 14.2 Å². The van der Waals surface area contributed by atoms with E-state index in [1.807, 2.05) is 12.2 Å². The van der Waals surface area contributed by atoms with Crippen LogP contribution in [0.5, 0.6) is 5.75 Å². The molecule has 8 aliphatic rings. The van der Waals surface area contributed by atoms with Crippen LogP contribution in [0, 0.1) is 11.8 Å². The summed E-state index contributed by atoms with van der Waals surface area (Å²) < 4.78 is 21.4. The summed E-state index contributed by atoms with van der Waals surface area (Å²) in [5.74, 6) is 3.39. The third kappa shape index (κ3) is 14.0. The quantitative estimate of drug-likeness (QED) is 0.0380. The van der Waals surface area contributed by atoms with Gasteiger partial charge in [-0.25, -0.2) is 0 Å². The van der Waals surface area contributed by atoms with Gasteiger partial charge in [-0.1, -0.05) is 238 Å². The lowest BCUT2D eigenvalue weighted by Gasteiger charge is -2.42. The fourth-order valence-corrected chi connectivity index (χ4v) is 18.1. The van der Waals surface area contributed by atoms with Crippen LogP contribution in [-0.4, -0.2) is 39.3 Å². The molecule has 0 amide bonds. The molecule has 0 bridgehead atoms. The molecule has 5 aromatic carbocycles. The number of ether oxygens (including phenoxy) is 3. The Kier molecular flexibility index (Phi) is 20.1. The Morgan fingerprint density at radius 2 is 1.47 bits per heavy atom. The lowest BCUT2D eigenvalue weighted by molar-refractivity contribution is 0.0826. The van der Waals surface area contributed by atoms with Gasteiger partial charge in [0.05, 0.1) is 25.4 Å². The molecule has 1 aromatic heterocycles. The van der Waals surface area contributed by atoms with Gasteiger partial charge in [0.15, 0.2) is 0 Å². The van der Waals surface area contributed by atoms with Crippen LogP contribution in [-0.2, 0) is 14.9 Å². The second kappa shape index (κ2) is 29.9. The van der Waals surface area contributed by atoms with Crippen molar-refractivity contribution in [3.63, 3.8) is 0 Å². The Bertz CT molecular complexity index is 4310. The number of benzene rings is 5. The molecule has 0 saturated heterocycles. The average Bonchev–Trinajstić information content (AvgIpc) is 1.57. The number of fused-ring (bicyclic) bond motifs is 6. The van der Waals surface area contributed by atoms with E-state index < -0.39 is 8.80 Å². The minimum absolute atomic E-state index is 0.110. The summed E-state index contributed by atoms with van der Waals surface area (Å²) in [6.07, 6.45) is 66.4. The molecule has 1 heterocycles. The van der Waals surface area contributed by atoms with Gasteiger partial charge in [-0.3, -0.25) is 0 Å². The molecule has 0 spiro atoms. The molecule has 6 heteroatoms. The summed E-state index contributed by atoms with van der Waals surface area (Å²) in [6, 6.07) is 48.4. The zero-order chi connectivity index (χ0) is 64.3. The number of unbranched alkanes of at least 4 members (excludes halogenated alkanes) is 3. The summed E-state index contributed by atoms with van der Waals surface area (Å²) in [4.78, 5) is 2.59. The number of anilines is 1. The van der Waals surface area contributed by atoms with Gasteiger partial charge in [-0.05, 0) is 194 Å². The molecule has 14 rings (SSSR count). The maximum Gasteiger partial charge on any atom is 0.119 e. The van der Waals surface area contributed by atoms with Crippen molar-refractivity contribution in [1.82, 2.24) is 4.57 Å². The lowest BCUT2D eigenvalue weighted by Crippen LogP contribution is -2.36. The number of rotatable bonds is 27. The Balaban J connectivity index is 0.730. The SMILES string of the molecule is C=CC1=CCC(OCCCCCCOC2=CCC(n3c4c(c5cc(-c6ccc(N(C7=CCC(c8ccccc8)C=C7)C7=CCC8C(=C7)C(CCC[SiH](C)CCOc7ccc(C=C)cc7)(C7C=CC=CC7)c7ccccc78)cc6)ccc53)=CC(C3=CC=CCC3)CC=4)C=C2)C=C1. The maximum atomic E-state index is 6.39. The molecule has 8 atom stereocenters. The molecule has 0 N–H and O–H groups in total. The van der Waals surface area contributed by atoms with Crippen molar-refractivity contribution in [2.75, 3.05) is 24.7 Å².